The molecule has 0 fully saturated rings. The normalized spacial score (nSPS) is 13.1. The van der Waals surface area contributed by atoms with Crippen LogP contribution in [0.1, 0.15) is 10.4 Å². The molecule has 10 heteroatoms. The number of aliphatic hydroxyl groups is 1. The fourth-order valence-corrected chi connectivity index (χ4v) is 3.51. The third-order valence-electron chi connectivity index (χ3n) is 4.02. The molecular formula is C17H17BrClFN4O3. The predicted molar refractivity (Wildman–Crippen MR) is 106 cm³/mol. The summed E-state index contributed by atoms with van der Waals surface area (Å²) in [7, 11) is 1.73. The van der Waals surface area contributed by atoms with Gasteiger partial charge in [0, 0.05) is 11.5 Å². The van der Waals surface area contributed by atoms with Crippen molar-refractivity contribution in [3.63, 3.8) is 0 Å². The highest BCUT2D eigenvalue weighted by Crippen LogP contribution is 2.44. The lowest BCUT2D eigenvalue weighted by Gasteiger charge is -2.20. The van der Waals surface area contributed by atoms with Crippen LogP contribution < -0.4 is 21.0 Å². The number of benzene rings is 2. The summed E-state index contributed by atoms with van der Waals surface area (Å²) in [5.41, 5.74) is 6.37. The Morgan fingerprint density at radius 3 is 2.85 bits per heavy atom. The number of nitrogens with one attached hydrogen (secondary N) is 1. The van der Waals surface area contributed by atoms with E-state index in [4.69, 9.17) is 27.3 Å². The number of nitrogens with two attached hydrogens (primary N) is 1. The van der Waals surface area contributed by atoms with Crippen molar-refractivity contribution < 1.29 is 19.1 Å². The highest BCUT2D eigenvalue weighted by atomic mass is 79.9. The molecule has 27 heavy (non-hydrogen) atoms. The number of hydrogen-bond acceptors (Lipinski definition) is 6. The van der Waals surface area contributed by atoms with Crippen LogP contribution in [0.5, 0.6) is 0 Å². The van der Waals surface area contributed by atoms with Crippen molar-refractivity contribution in [1.82, 2.24) is 0 Å². The zero-order valence-corrected chi connectivity index (χ0v) is 16.6. The fourth-order valence-electron chi connectivity index (χ4n) is 2.79. The van der Waals surface area contributed by atoms with E-state index in [0.29, 0.717) is 16.4 Å². The van der Waals surface area contributed by atoms with E-state index in [0.717, 1.165) is 4.47 Å². The number of anilines is 4. The SMILES string of the molecule is CN1CN(OCCO)c2c1cc(C(N)=O)c(Nc1ccc(Br)cc1Cl)c2F. The van der Waals surface area contributed by atoms with Crippen molar-refractivity contribution >= 4 is 56.2 Å². The fraction of sp³-hybridized carbons (Fsp3) is 0.235. The molecule has 0 aromatic heterocycles. The molecule has 0 saturated carbocycles. The van der Waals surface area contributed by atoms with Crippen molar-refractivity contribution in [1.29, 1.82) is 0 Å². The van der Waals surface area contributed by atoms with Crippen LogP contribution in [-0.2, 0) is 4.84 Å². The molecule has 0 radical (unpaired) electrons. The van der Waals surface area contributed by atoms with Gasteiger partial charge in [-0.2, -0.15) is 0 Å². The third kappa shape index (κ3) is 3.81. The number of primary amides is 1. The number of carbonyl (C=O) groups is 1. The Morgan fingerprint density at radius 1 is 1.48 bits per heavy atom. The lowest BCUT2D eigenvalue weighted by atomic mass is 10.1. The second kappa shape index (κ2) is 7.89. The molecule has 1 amide bonds. The van der Waals surface area contributed by atoms with Gasteiger partial charge >= 0.3 is 0 Å². The number of hydroxylamine groups is 1. The van der Waals surface area contributed by atoms with Crippen LogP contribution in [0.2, 0.25) is 5.02 Å². The molecule has 2 aromatic carbocycles. The molecule has 144 valence electrons. The standard InChI is InChI=1S/C17H17BrClFN4O3/c1-23-8-24(27-5-4-25)16-13(23)7-10(17(21)26)15(14(16)20)22-12-3-2-9(18)6-11(12)19/h2-3,6-7,22,25H,4-5,8H2,1H3,(H2,21,26). The largest absolute Gasteiger partial charge is 0.394 e. The molecule has 1 aliphatic heterocycles. The zero-order valence-electron chi connectivity index (χ0n) is 14.3. The number of hydrogen-bond donors (Lipinski definition) is 3. The molecule has 4 N–H and O–H groups in total. The van der Waals surface area contributed by atoms with Gasteiger partial charge in [0.15, 0.2) is 5.82 Å². The van der Waals surface area contributed by atoms with Crippen molar-refractivity contribution in [2.45, 2.75) is 0 Å². The second-order valence-electron chi connectivity index (χ2n) is 5.87. The number of fused-ring (bicyclic) bond motifs is 1. The molecule has 2 aromatic rings. The maximum absolute atomic E-state index is 15.4. The Kier molecular flexibility index (Phi) is 5.75. The summed E-state index contributed by atoms with van der Waals surface area (Å²) in [6.07, 6.45) is 0. The van der Waals surface area contributed by atoms with Crippen LogP contribution in [0.15, 0.2) is 28.7 Å². The van der Waals surface area contributed by atoms with Gasteiger partial charge < -0.3 is 21.1 Å². The molecule has 0 bridgehead atoms. The Balaban J connectivity index is 2.11. The van der Waals surface area contributed by atoms with Crippen molar-refractivity contribution in [2.75, 3.05) is 42.2 Å². The van der Waals surface area contributed by atoms with Gasteiger partial charge in [-0.25, -0.2) is 9.45 Å². The summed E-state index contributed by atoms with van der Waals surface area (Å²) < 4.78 is 16.2. The van der Waals surface area contributed by atoms with Gasteiger partial charge in [-0.3, -0.25) is 9.63 Å². The summed E-state index contributed by atoms with van der Waals surface area (Å²) in [5.74, 6) is -1.49. The monoisotopic (exact) mass is 458 g/mol. The Bertz CT molecular complexity index is 899. The smallest absolute Gasteiger partial charge is 0.251 e. The van der Waals surface area contributed by atoms with Gasteiger partial charge in [-0.05, 0) is 24.3 Å². The Hall–Kier alpha value is -2.07. The van der Waals surface area contributed by atoms with Crippen LogP contribution in [0, 0.1) is 5.82 Å². The van der Waals surface area contributed by atoms with E-state index in [1.165, 1.54) is 11.1 Å². The van der Waals surface area contributed by atoms with Gasteiger partial charge in [0.1, 0.15) is 12.4 Å². The molecule has 0 unspecified atom stereocenters. The van der Waals surface area contributed by atoms with Crippen molar-refractivity contribution in [2.24, 2.45) is 5.73 Å². The van der Waals surface area contributed by atoms with Crippen LogP contribution in [-0.4, -0.2) is 37.9 Å². The number of amides is 1. The maximum atomic E-state index is 15.4. The lowest BCUT2D eigenvalue weighted by molar-refractivity contribution is 0.0753. The molecule has 0 saturated heterocycles. The first kappa shape index (κ1) is 19.7. The summed E-state index contributed by atoms with van der Waals surface area (Å²) in [6.45, 7) is 0.0225. The summed E-state index contributed by atoms with van der Waals surface area (Å²) in [6, 6.07) is 6.52. The van der Waals surface area contributed by atoms with Crippen molar-refractivity contribution in [3.05, 3.63) is 45.1 Å². The minimum atomic E-state index is -0.782. The molecule has 0 atom stereocenters. The summed E-state index contributed by atoms with van der Waals surface area (Å²) in [4.78, 5) is 19.0. The summed E-state index contributed by atoms with van der Waals surface area (Å²) in [5, 5.41) is 13.5. The van der Waals surface area contributed by atoms with Gasteiger partial charge in [0.25, 0.3) is 5.91 Å². The van der Waals surface area contributed by atoms with E-state index in [1.54, 1.807) is 30.1 Å². The highest BCUT2D eigenvalue weighted by Gasteiger charge is 2.32. The molecular weight excluding hydrogens is 443 g/mol. The maximum Gasteiger partial charge on any atom is 0.251 e. The van der Waals surface area contributed by atoms with Crippen LogP contribution in [0.25, 0.3) is 0 Å². The Morgan fingerprint density at radius 2 is 2.22 bits per heavy atom. The molecule has 1 aliphatic rings. The minimum absolute atomic E-state index is 0.00555. The van der Waals surface area contributed by atoms with Gasteiger partial charge in [0.05, 0.1) is 40.9 Å². The zero-order chi connectivity index (χ0) is 19.7. The van der Waals surface area contributed by atoms with Crippen LogP contribution in [0.4, 0.5) is 27.1 Å². The lowest BCUT2D eigenvalue weighted by Crippen LogP contribution is -2.29. The van der Waals surface area contributed by atoms with Gasteiger partial charge in [-0.15, -0.1) is 0 Å². The predicted octanol–water partition coefficient (Wildman–Crippen LogP) is 3.22. The van der Waals surface area contributed by atoms with Crippen molar-refractivity contribution in [3.8, 4) is 0 Å². The quantitative estimate of drug-likeness (QED) is 0.614. The van der Waals surface area contributed by atoms with Crippen LogP contribution in [0.3, 0.4) is 0 Å². The molecule has 0 aliphatic carbocycles. The first-order chi connectivity index (χ1) is 12.8. The number of aliphatic hydroxyl groups excluding tert-OH is 1. The van der Waals surface area contributed by atoms with E-state index in [1.807, 2.05) is 0 Å². The molecule has 3 rings (SSSR count). The number of carbonyl (C=O) groups excluding carboxylic acids is 1. The van der Waals surface area contributed by atoms with E-state index >= 15 is 4.39 Å². The summed E-state index contributed by atoms with van der Waals surface area (Å²) >= 11 is 9.50. The molecule has 7 nitrogen and oxygen atoms in total. The van der Waals surface area contributed by atoms with Gasteiger partial charge in [-0.1, -0.05) is 27.5 Å². The first-order valence-electron chi connectivity index (χ1n) is 7.94. The van der Waals surface area contributed by atoms with E-state index in [-0.39, 0.29) is 36.8 Å². The molecule has 1 heterocycles. The van der Waals surface area contributed by atoms with E-state index < -0.39 is 11.7 Å². The first-order valence-corrected chi connectivity index (χ1v) is 9.11. The number of nitrogens with zero attached hydrogens (tertiary/aromatic N) is 2. The second-order valence-corrected chi connectivity index (χ2v) is 7.19. The van der Waals surface area contributed by atoms with E-state index in [9.17, 15) is 4.79 Å². The third-order valence-corrected chi connectivity index (χ3v) is 4.82. The number of rotatable bonds is 6. The molecule has 0 spiro atoms. The van der Waals surface area contributed by atoms with Crippen LogP contribution >= 0.6 is 27.5 Å². The minimum Gasteiger partial charge on any atom is -0.394 e. The van der Waals surface area contributed by atoms with Gasteiger partial charge in [0.2, 0.25) is 0 Å². The average molecular weight is 460 g/mol. The van der Waals surface area contributed by atoms with E-state index in [2.05, 4.69) is 21.2 Å². The highest BCUT2D eigenvalue weighted by molar-refractivity contribution is 9.10. The topological polar surface area (TPSA) is 91.1 Å². The Labute approximate surface area is 168 Å². The number of halogens is 3. The average Bonchev–Trinajstić information content (AvgIpc) is 2.93.